The van der Waals surface area contributed by atoms with Crippen molar-refractivity contribution in [1.29, 1.82) is 0 Å². The molecule has 0 unspecified atom stereocenters. The van der Waals surface area contributed by atoms with Gasteiger partial charge in [-0.25, -0.2) is 0 Å². The van der Waals surface area contributed by atoms with Gasteiger partial charge in [0, 0.05) is 6.04 Å². The van der Waals surface area contributed by atoms with E-state index in [0.29, 0.717) is 6.04 Å². The zero-order chi connectivity index (χ0) is 8.97. The molecule has 0 spiro atoms. The monoisotopic (exact) mass is 173 g/mol. The van der Waals surface area contributed by atoms with Crippen molar-refractivity contribution in [2.24, 2.45) is 0 Å². The molecule has 0 bridgehead atoms. The maximum Gasteiger partial charge on any atom is 0.0716 e. The predicted molar refractivity (Wildman–Crippen MR) is 47.9 cm³/mol. The highest BCUT2D eigenvalue weighted by atomic mass is 16.3. The lowest BCUT2D eigenvalue weighted by Gasteiger charge is -2.33. The molecule has 1 fully saturated rings. The maximum absolute atomic E-state index is 9.43. The minimum absolute atomic E-state index is 0.0430. The molecule has 1 aliphatic heterocycles. The molecule has 0 aromatic rings. The van der Waals surface area contributed by atoms with Gasteiger partial charge in [-0.2, -0.15) is 0 Å². The Balaban J connectivity index is 2.33. The summed E-state index contributed by atoms with van der Waals surface area (Å²) >= 11 is 0. The first-order valence-corrected chi connectivity index (χ1v) is 4.83. The Bertz CT molecular complexity index is 130. The van der Waals surface area contributed by atoms with Crippen LogP contribution in [0.15, 0.2) is 0 Å². The highest BCUT2D eigenvalue weighted by Crippen LogP contribution is 2.16. The average molecular weight is 173 g/mol. The number of hydrogen-bond acceptors (Lipinski definition) is 3. The van der Waals surface area contributed by atoms with Crippen molar-refractivity contribution in [3.8, 4) is 0 Å². The molecule has 1 heterocycles. The van der Waals surface area contributed by atoms with E-state index in [1.165, 1.54) is 0 Å². The molecule has 0 radical (unpaired) electrons. The molecule has 0 aromatic carbocycles. The van der Waals surface area contributed by atoms with Gasteiger partial charge in [0.25, 0.3) is 0 Å². The van der Waals surface area contributed by atoms with Crippen molar-refractivity contribution >= 4 is 0 Å². The normalized spacial score (nSPS) is 36.8. The summed E-state index contributed by atoms with van der Waals surface area (Å²) in [6.07, 6.45) is 3.80. The number of hydrogen-bond donors (Lipinski definition) is 3. The molecule has 12 heavy (non-hydrogen) atoms. The second-order valence-electron chi connectivity index (χ2n) is 3.59. The molecule has 1 rings (SSSR count). The van der Waals surface area contributed by atoms with Crippen LogP contribution in [0.4, 0.5) is 0 Å². The SMILES string of the molecule is CCC[C@H]1CC[C@@H](O)[C@H](CO)N1. The van der Waals surface area contributed by atoms with Crippen LogP contribution in [0.25, 0.3) is 0 Å². The summed E-state index contributed by atoms with van der Waals surface area (Å²) in [5.74, 6) is 0. The van der Waals surface area contributed by atoms with Crippen molar-refractivity contribution in [2.75, 3.05) is 6.61 Å². The van der Waals surface area contributed by atoms with Gasteiger partial charge in [0.15, 0.2) is 0 Å². The molecule has 0 aromatic heterocycles. The van der Waals surface area contributed by atoms with E-state index in [1.807, 2.05) is 0 Å². The second kappa shape index (κ2) is 4.80. The Morgan fingerprint density at radius 1 is 1.42 bits per heavy atom. The third-order valence-corrected chi connectivity index (χ3v) is 2.56. The van der Waals surface area contributed by atoms with E-state index in [-0.39, 0.29) is 18.8 Å². The summed E-state index contributed by atoms with van der Waals surface area (Å²) in [6.45, 7) is 2.20. The number of rotatable bonds is 3. The number of nitrogens with one attached hydrogen (secondary N) is 1. The quantitative estimate of drug-likeness (QED) is 0.574. The van der Waals surface area contributed by atoms with Crippen LogP contribution in [-0.4, -0.2) is 35.0 Å². The standard InChI is InChI=1S/C9H19NO2/c1-2-3-7-4-5-9(12)8(6-11)10-7/h7-12H,2-6H2,1H3/t7-,8-,9+/m0/s1. The van der Waals surface area contributed by atoms with Crippen LogP contribution in [0, 0.1) is 0 Å². The van der Waals surface area contributed by atoms with Gasteiger partial charge >= 0.3 is 0 Å². The van der Waals surface area contributed by atoms with E-state index < -0.39 is 0 Å². The van der Waals surface area contributed by atoms with E-state index in [9.17, 15) is 5.11 Å². The Morgan fingerprint density at radius 2 is 2.17 bits per heavy atom. The molecular formula is C9H19NO2. The minimum Gasteiger partial charge on any atom is -0.395 e. The van der Waals surface area contributed by atoms with Gasteiger partial charge in [0.1, 0.15) is 0 Å². The summed E-state index contributed by atoms with van der Waals surface area (Å²) in [7, 11) is 0. The third kappa shape index (κ3) is 2.44. The van der Waals surface area contributed by atoms with E-state index in [0.717, 1.165) is 25.7 Å². The number of piperidine rings is 1. The Labute approximate surface area is 73.8 Å². The van der Waals surface area contributed by atoms with Crippen LogP contribution in [0.2, 0.25) is 0 Å². The van der Waals surface area contributed by atoms with E-state index in [4.69, 9.17) is 5.11 Å². The highest BCUT2D eigenvalue weighted by Gasteiger charge is 2.26. The maximum atomic E-state index is 9.43. The van der Waals surface area contributed by atoms with Crippen molar-refractivity contribution in [2.45, 2.75) is 50.8 Å². The van der Waals surface area contributed by atoms with Gasteiger partial charge in [-0.1, -0.05) is 13.3 Å². The smallest absolute Gasteiger partial charge is 0.0716 e. The fourth-order valence-corrected chi connectivity index (χ4v) is 1.82. The van der Waals surface area contributed by atoms with Crippen LogP contribution < -0.4 is 5.32 Å². The highest BCUT2D eigenvalue weighted by molar-refractivity contribution is 4.85. The van der Waals surface area contributed by atoms with Gasteiger partial charge in [-0.05, 0) is 19.3 Å². The largest absolute Gasteiger partial charge is 0.395 e. The van der Waals surface area contributed by atoms with Crippen molar-refractivity contribution in [1.82, 2.24) is 5.32 Å². The molecule has 3 N–H and O–H groups in total. The average Bonchev–Trinajstić information content (AvgIpc) is 2.09. The zero-order valence-corrected chi connectivity index (χ0v) is 7.66. The summed E-state index contributed by atoms with van der Waals surface area (Å²) in [4.78, 5) is 0. The first kappa shape index (κ1) is 9.96. The van der Waals surface area contributed by atoms with E-state index in [2.05, 4.69) is 12.2 Å². The van der Waals surface area contributed by atoms with Crippen molar-refractivity contribution in [3.63, 3.8) is 0 Å². The first-order chi connectivity index (χ1) is 5.77. The summed E-state index contributed by atoms with van der Waals surface area (Å²) in [6, 6.07) is 0.394. The molecular weight excluding hydrogens is 154 g/mol. The molecule has 3 atom stereocenters. The summed E-state index contributed by atoms with van der Waals surface area (Å²) < 4.78 is 0. The lowest BCUT2D eigenvalue weighted by molar-refractivity contribution is 0.0485. The van der Waals surface area contributed by atoms with Gasteiger partial charge in [0.05, 0.1) is 18.8 Å². The second-order valence-corrected chi connectivity index (χ2v) is 3.59. The summed E-state index contributed by atoms with van der Waals surface area (Å²) in [5.41, 5.74) is 0. The van der Waals surface area contributed by atoms with Gasteiger partial charge in [-0.3, -0.25) is 0 Å². The first-order valence-electron chi connectivity index (χ1n) is 4.83. The van der Waals surface area contributed by atoms with Gasteiger partial charge in [0.2, 0.25) is 0 Å². The topological polar surface area (TPSA) is 52.5 Å². The summed E-state index contributed by atoms with van der Waals surface area (Å²) in [5, 5.41) is 21.6. The van der Waals surface area contributed by atoms with E-state index >= 15 is 0 Å². The molecule has 1 saturated heterocycles. The van der Waals surface area contributed by atoms with Crippen LogP contribution in [-0.2, 0) is 0 Å². The molecule has 0 aliphatic carbocycles. The molecule has 0 amide bonds. The third-order valence-electron chi connectivity index (χ3n) is 2.56. The Kier molecular flexibility index (Phi) is 3.98. The van der Waals surface area contributed by atoms with Gasteiger partial charge in [-0.15, -0.1) is 0 Å². The molecule has 3 heteroatoms. The molecule has 0 saturated carbocycles. The molecule has 72 valence electrons. The van der Waals surface area contributed by atoms with Crippen molar-refractivity contribution < 1.29 is 10.2 Å². The molecule has 3 nitrogen and oxygen atoms in total. The fourth-order valence-electron chi connectivity index (χ4n) is 1.82. The number of aliphatic hydroxyl groups is 2. The zero-order valence-electron chi connectivity index (χ0n) is 7.66. The Hall–Kier alpha value is -0.120. The minimum atomic E-state index is -0.358. The van der Waals surface area contributed by atoms with Crippen LogP contribution in [0.3, 0.4) is 0 Å². The van der Waals surface area contributed by atoms with Crippen molar-refractivity contribution in [3.05, 3.63) is 0 Å². The van der Waals surface area contributed by atoms with Crippen LogP contribution >= 0.6 is 0 Å². The predicted octanol–water partition coefficient (Wildman–Crippen LogP) is 0.260. The lowest BCUT2D eigenvalue weighted by Crippen LogP contribution is -2.52. The Morgan fingerprint density at radius 3 is 2.75 bits per heavy atom. The van der Waals surface area contributed by atoms with Crippen LogP contribution in [0.5, 0.6) is 0 Å². The van der Waals surface area contributed by atoms with Gasteiger partial charge < -0.3 is 15.5 Å². The van der Waals surface area contributed by atoms with E-state index in [1.54, 1.807) is 0 Å². The lowest BCUT2D eigenvalue weighted by atomic mass is 9.94. The number of aliphatic hydroxyl groups excluding tert-OH is 2. The van der Waals surface area contributed by atoms with Crippen LogP contribution in [0.1, 0.15) is 32.6 Å². The fraction of sp³-hybridized carbons (Fsp3) is 1.00. The molecule has 1 aliphatic rings.